The standard InChI is InChI=1S/C13H21N3O3/c1-5-6-13(4,12(17)18)16-10-7-14-8-11(15-10)19-9(2)3/h7-9H,5-6H2,1-4H3,(H,15,16)(H,17,18). The molecular weight excluding hydrogens is 246 g/mol. The molecule has 0 bridgehead atoms. The molecule has 6 heteroatoms. The van der Waals surface area contributed by atoms with Crippen molar-refractivity contribution in [3.05, 3.63) is 12.4 Å². The van der Waals surface area contributed by atoms with Crippen LogP contribution in [0.3, 0.4) is 0 Å². The van der Waals surface area contributed by atoms with Crippen LogP contribution >= 0.6 is 0 Å². The van der Waals surface area contributed by atoms with Crippen LogP contribution in [-0.2, 0) is 4.79 Å². The Balaban J connectivity index is 2.88. The normalized spacial score (nSPS) is 13.9. The van der Waals surface area contributed by atoms with Crippen LogP contribution in [0, 0.1) is 0 Å². The van der Waals surface area contributed by atoms with Gasteiger partial charge in [-0.05, 0) is 27.2 Å². The van der Waals surface area contributed by atoms with Gasteiger partial charge in [0.15, 0.2) is 0 Å². The van der Waals surface area contributed by atoms with E-state index in [9.17, 15) is 9.90 Å². The summed E-state index contributed by atoms with van der Waals surface area (Å²) in [6.45, 7) is 7.35. The molecular formula is C13H21N3O3. The number of aromatic nitrogens is 2. The Morgan fingerprint density at radius 3 is 2.74 bits per heavy atom. The molecule has 1 atom stereocenters. The van der Waals surface area contributed by atoms with Gasteiger partial charge in [0.2, 0.25) is 5.88 Å². The first-order valence-electron chi connectivity index (χ1n) is 6.37. The van der Waals surface area contributed by atoms with Gasteiger partial charge in [-0.3, -0.25) is 4.98 Å². The predicted octanol–water partition coefficient (Wildman–Crippen LogP) is 2.32. The second-order valence-electron chi connectivity index (χ2n) is 4.92. The van der Waals surface area contributed by atoms with Crippen LogP contribution in [0.4, 0.5) is 5.82 Å². The van der Waals surface area contributed by atoms with Crippen molar-refractivity contribution in [1.82, 2.24) is 9.97 Å². The maximum Gasteiger partial charge on any atom is 0.329 e. The molecule has 0 fully saturated rings. The number of hydrogen-bond acceptors (Lipinski definition) is 5. The van der Waals surface area contributed by atoms with Crippen LogP contribution in [0.2, 0.25) is 0 Å². The third-order valence-corrected chi connectivity index (χ3v) is 2.59. The molecule has 1 unspecified atom stereocenters. The molecule has 0 aliphatic heterocycles. The summed E-state index contributed by atoms with van der Waals surface area (Å²) in [4.78, 5) is 19.5. The van der Waals surface area contributed by atoms with E-state index in [-0.39, 0.29) is 6.10 Å². The SMILES string of the molecule is CCCC(C)(Nc1cncc(OC(C)C)n1)C(=O)O. The number of hydrogen-bond donors (Lipinski definition) is 2. The van der Waals surface area contributed by atoms with Crippen LogP contribution in [0.1, 0.15) is 40.5 Å². The second kappa shape index (κ2) is 6.36. The zero-order valence-electron chi connectivity index (χ0n) is 11.8. The van der Waals surface area contributed by atoms with Gasteiger partial charge in [0.25, 0.3) is 0 Å². The maximum absolute atomic E-state index is 11.3. The number of carbonyl (C=O) groups is 1. The van der Waals surface area contributed by atoms with Gasteiger partial charge in [0.05, 0.1) is 18.5 Å². The van der Waals surface area contributed by atoms with Gasteiger partial charge in [-0.15, -0.1) is 0 Å². The highest BCUT2D eigenvalue weighted by atomic mass is 16.5. The minimum atomic E-state index is -1.06. The van der Waals surface area contributed by atoms with E-state index in [0.29, 0.717) is 18.1 Å². The summed E-state index contributed by atoms with van der Waals surface area (Å²) in [5, 5.41) is 12.2. The Hall–Kier alpha value is -1.85. The Kier molecular flexibility index (Phi) is 5.09. The molecule has 0 radical (unpaired) electrons. The van der Waals surface area contributed by atoms with E-state index in [1.165, 1.54) is 12.4 Å². The Morgan fingerprint density at radius 1 is 1.53 bits per heavy atom. The number of nitrogens with one attached hydrogen (secondary N) is 1. The van der Waals surface area contributed by atoms with Gasteiger partial charge < -0.3 is 15.2 Å². The second-order valence-corrected chi connectivity index (χ2v) is 4.92. The number of nitrogens with zero attached hydrogens (tertiary/aromatic N) is 2. The molecule has 0 amide bonds. The van der Waals surface area contributed by atoms with Crippen LogP contribution in [0.5, 0.6) is 5.88 Å². The van der Waals surface area contributed by atoms with E-state index in [1.54, 1.807) is 6.92 Å². The lowest BCUT2D eigenvalue weighted by Crippen LogP contribution is -2.43. The van der Waals surface area contributed by atoms with Gasteiger partial charge in [-0.2, -0.15) is 4.98 Å². The van der Waals surface area contributed by atoms with Crippen molar-refractivity contribution in [2.24, 2.45) is 0 Å². The van der Waals surface area contributed by atoms with Crippen molar-refractivity contribution in [1.29, 1.82) is 0 Å². The van der Waals surface area contributed by atoms with E-state index in [2.05, 4.69) is 15.3 Å². The van der Waals surface area contributed by atoms with E-state index in [1.807, 2.05) is 20.8 Å². The monoisotopic (exact) mass is 267 g/mol. The van der Waals surface area contributed by atoms with Gasteiger partial charge in [0.1, 0.15) is 11.4 Å². The third-order valence-electron chi connectivity index (χ3n) is 2.59. The topological polar surface area (TPSA) is 84.3 Å². The molecule has 0 saturated heterocycles. The molecule has 1 aromatic heterocycles. The quantitative estimate of drug-likeness (QED) is 0.788. The molecule has 0 aromatic carbocycles. The van der Waals surface area contributed by atoms with Crippen molar-refractivity contribution < 1.29 is 14.6 Å². The van der Waals surface area contributed by atoms with Gasteiger partial charge >= 0.3 is 5.97 Å². The van der Waals surface area contributed by atoms with Crippen molar-refractivity contribution >= 4 is 11.8 Å². The molecule has 6 nitrogen and oxygen atoms in total. The van der Waals surface area contributed by atoms with Crippen LogP contribution in [0.25, 0.3) is 0 Å². The molecule has 1 heterocycles. The zero-order chi connectivity index (χ0) is 14.5. The Labute approximate surface area is 113 Å². The minimum Gasteiger partial charge on any atom is -0.480 e. The molecule has 0 aliphatic rings. The summed E-state index contributed by atoms with van der Waals surface area (Å²) in [5.74, 6) is -0.132. The fraction of sp³-hybridized carbons (Fsp3) is 0.615. The first kappa shape index (κ1) is 15.2. The lowest BCUT2D eigenvalue weighted by molar-refractivity contribution is -0.142. The van der Waals surface area contributed by atoms with Crippen molar-refractivity contribution in [2.75, 3.05) is 5.32 Å². The van der Waals surface area contributed by atoms with E-state index < -0.39 is 11.5 Å². The van der Waals surface area contributed by atoms with E-state index in [0.717, 1.165) is 6.42 Å². The average molecular weight is 267 g/mol. The van der Waals surface area contributed by atoms with E-state index in [4.69, 9.17) is 4.74 Å². The molecule has 1 aromatic rings. The highest BCUT2D eigenvalue weighted by molar-refractivity contribution is 5.81. The van der Waals surface area contributed by atoms with Crippen molar-refractivity contribution in [3.8, 4) is 5.88 Å². The average Bonchev–Trinajstić information content (AvgIpc) is 2.28. The molecule has 106 valence electrons. The van der Waals surface area contributed by atoms with Crippen LogP contribution < -0.4 is 10.1 Å². The number of rotatable bonds is 7. The van der Waals surface area contributed by atoms with E-state index >= 15 is 0 Å². The Bertz CT molecular complexity index is 437. The lowest BCUT2D eigenvalue weighted by Gasteiger charge is -2.26. The number of carboxylic acids is 1. The summed E-state index contributed by atoms with van der Waals surface area (Å²) < 4.78 is 5.43. The maximum atomic E-state index is 11.3. The summed E-state index contributed by atoms with van der Waals surface area (Å²) in [7, 11) is 0. The molecule has 0 spiro atoms. The smallest absolute Gasteiger partial charge is 0.329 e. The fourth-order valence-electron chi connectivity index (χ4n) is 1.71. The first-order chi connectivity index (χ1) is 8.87. The molecule has 19 heavy (non-hydrogen) atoms. The highest BCUT2D eigenvalue weighted by Crippen LogP contribution is 2.20. The lowest BCUT2D eigenvalue weighted by atomic mass is 9.96. The Morgan fingerprint density at radius 2 is 2.21 bits per heavy atom. The van der Waals surface area contributed by atoms with Crippen LogP contribution in [0.15, 0.2) is 12.4 Å². The summed E-state index contributed by atoms with van der Waals surface area (Å²) in [6.07, 6.45) is 4.24. The van der Waals surface area contributed by atoms with Crippen LogP contribution in [-0.4, -0.2) is 32.7 Å². The predicted molar refractivity (Wildman–Crippen MR) is 72.4 cm³/mol. The largest absolute Gasteiger partial charge is 0.480 e. The summed E-state index contributed by atoms with van der Waals surface area (Å²) >= 11 is 0. The highest BCUT2D eigenvalue weighted by Gasteiger charge is 2.32. The first-order valence-corrected chi connectivity index (χ1v) is 6.37. The number of carboxylic acid groups (broad SMARTS) is 1. The number of ether oxygens (including phenoxy) is 1. The summed E-state index contributed by atoms with van der Waals surface area (Å²) in [5.41, 5.74) is -1.06. The van der Waals surface area contributed by atoms with Crippen molar-refractivity contribution in [2.45, 2.75) is 52.2 Å². The van der Waals surface area contributed by atoms with Gasteiger partial charge in [-0.25, -0.2) is 4.79 Å². The van der Waals surface area contributed by atoms with Gasteiger partial charge in [0, 0.05) is 0 Å². The molecule has 0 aliphatic carbocycles. The third kappa shape index (κ3) is 4.39. The van der Waals surface area contributed by atoms with Gasteiger partial charge in [-0.1, -0.05) is 13.3 Å². The minimum absolute atomic E-state index is 0.00829. The number of aliphatic carboxylic acids is 1. The van der Waals surface area contributed by atoms with Crippen molar-refractivity contribution in [3.63, 3.8) is 0 Å². The number of anilines is 1. The molecule has 2 N–H and O–H groups in total. The zero-order valence-corrected chi connectivity index (χ0v) is 11.8. The molecule has 0 saturated carbocycles. The summed E-state index contributed by atoms with van der Waals surface area (Å²) in [6, 6.07) is 0. The molecule has 1 rings (SSSR count). The fourth-order valence-corrected chi connectivity index (χ4v) is 1.71.